The van der Waals surface area contributed by atoms with E-state index in [1.54, 1.807) is 0 Å². The van der Waals surface area contributed by atoms with Crippen LogP contribution in [0.4, 0.5) is 4.39 Å². The molecule has 62 valence electrons. The molecule has 4 nitrogen and oxygen atoms in total. The maximum atomic E-state index is 12.6. The lowest BCUT2D eigenvalue weighted by Crippen LogP contribution is -2.18. The smallest absolute Gasteiger partial charge is 0.201 e. The van der Waals surface area contributed by atoms with Gasteiger partial charge in [0.1, 0.15) is 0 Å². The van der Waals surface area contributed by atoms with Crippen molar-refractivity contribution < 1.29 is 4.39 Å². The summed E-state index contributed by atoms with van der Waals surface area (Å²) < 4.78 is 13.8. The molecule has 0 aliphatic carbocycles. The van der Waals surface area contributed by atoms with E-state index in [2.05, 4.69) is 15.5 Å². The van der Waals surface area contributed by atoms with Crippen molar-refractivity contribution in [1.29, 1.82) is 0 Å². The van der Waals surface area contributed by atoms with Crippen molar-refractivity contribution in [2.24, 2.45) is 5.41 Å². The van der Waals surface area contributed by atoms with Crippen LogP contribution in [-0.2, 0) is 6.54 Å². The van der Waals surface area contributed by atoms with E-state index >= 15 is 0 Å². The fraction of sp³-hybridized carbons (Fsp3) is 0.833. The van der Waals surface area contributed by atoms with Gasteiger partial charge in [-0.25, -0.2) is 4.68 Å². The van der Waals surface area contributed by atoms with Gasteiger partial charge in [0.2, 0.25) is 0 Å². The summed E-state index contributed by atoms with van der Waals surface area (Å²) >= 11 is 0. The standard InChI is InChI=1S/C6H11FN4/c1-6(2,3)4-11-5(7)8-9-10-11/h4H2,1-3H3. The van der Waals surface area contributed by atoms with E-state index in [-0.39, 0.29) is 5.41 Å². The minimum Gasteiger partial charge on any atom is -0.201 e. The minimum atomic E-state index is -0.625. The Morgan fingerprint density at radius 2 is 2.09 bits per heavy atom. The molecular weight excluding hydrogens is 147 g/mol. The Morgan fingerprint density at radius 3 is 2.45 bits per heavy atom. The second kappa shape index (κ2) is 2.56. The highest BCUT2D eigenvalue weighted by molar-refractivity contribution is 4.63. The van der Waals surface area contributed by atoms with Crippen molar-refractivity contribution in [3.63, 3.8) is 0 Å². The third-order valence-electron chi connectivity index (χ3n) is 1.11. The number of rotatable bonds is 1. The summed E-state index contributed by atoms with van der Waals surface area (Å²) in [6.07, 6.45) is -0.625. The van der Waals surface area contributed by atoms with E-state index in [9.17, 15) is 4.39 Å². The predicted octanol–water partition coefficient (Wildman–Crippen LogP) is 0.858. The van der Waals surface area contributed by atoms with Crippen LogP contribution in [0.5, 0.6) is 0 Å². The molecule has 0 atom stereocenters. The molecule has 0 aliphatic rings. The SMILES string of the molecule is CC(C)(C)Cn1nnnc1F. The zero-order valence-electron chi connectivity index (χ0n) is 6.87. The number of halogens is 1. The summed E-state index contributed by atoms with van der Waals surface area (Å²) in [7, 11) is 0. The Hall–Kier alpha value is -1.00. The normalized spacial score (nSPS) is 12.0. The molecule has 1 rings (SSSR count). The monoisotopic (exact) mass is 158 g/mol. The van der Waals surface area contributed by atoms with Crippen molar-refractivity contribution in [2.75, 3.05) is 0 Å². The third-order valence-corrected chi connectivity index (χ3v) is 1.11. The predicted molar refractivity (Wildman–Crippen MR) is 37.2 cm³/mol. The van der Waals surface area contributed by atoms with Crippen LogP contribution in [-0.4, -0.2) is 20.2 Å². The third kappa shape index (κ3) is 2.25. The van der Waals surface area contributed by atoms with Crippen LogP contribution in [0.1, 0.15) is 20.8 Å². The quantitative estimate of drug-likeness (QED) is 0.608. The number of hydrogen-bond acceptors (Lipinski definition) is 3. The zero-order chi connectivity index (χ0) is 8.48. The first-order chi connectivity index (χ1) is 4.99. The molecular formula is C6H11FN4. The summed E-state index contributed by atoms with van der Waals surface area (Å²) in [6.45, 7) is 6.47. The van der Waals surface area contributed by atoms with Crippen LogP contribution in [0.3, 0.4) is 0 Å². The van der Waals surface area contributed by atoms with E-state index < -0.39 is 6.08 Å². The molecule has 0 unspecified atom stereocenters. The lowest BCUT2D eigenvalue weighted by Gasteiger charge is -2.16. The summed E-state index contributed by atoms with van der Waals surface area (Å²) in [5.41, 5.74) is -0.00375. The van der Waals surface area contributed by atoms with Gasteiger partial charge in [-0.05, 0) is 15.8 Å². The number of tetrazole rings is 1. The molecule has 0 spiro atoms. The molecule has 0 saturated heterocycles. The van der Waals surface area contributed by atoms with Gasteiger partial charge >= 0.3 is 6.08 Å². The lowest BCUT2D eigenvalue weighted by atomic mass is 9.97. The molecule has 0 saturated carbocycles. The lowest BCUT2D eigenvalue weighted by molar-refractivity contribution is 0.289. The molecule has 0 aliphatic heterocycles. The first-order valence-electron chi connectivity index (χ1n) is 3.41. The second-order valence-corrected chi connectivity index (χ2v) is 3.67. The van der Waals surface area contributed by atoms with Gasteiger partial charge in [-0.2, -0.15) is 4.39 Å². The molecule has 0 amide bonds. The molecule has 0 fully saturated rings. The first kappa shape index (κ1) is 8.10. The van der Waals surface area contributed by atoms with Crippen LogP contribution in [0.15, 0.2) is 0 Å². The van der Waals surface area contributed by atoms with Crippen LogP contribution in [0.2, 0.25) is 0 Å². The summed E-state index contributed by atoms with van der Waals surface area (Å²) in [5.74, 6) is 0. The summed E-state index contributed by atoms with van der Waals surface area (Å²) in [4.78, 5) is 0. The van der Waals surface area contributed by atoms with Gasteiger partial charge in [0.25, 0.3) is 0 Å². The minimum absolute atomic E-state index is 0.00375. The van der Waals surface area contributed by atoms with Crippen LogP contribution >= 0.6 is 0 Å². The van der Waals surface area contributed by atoms with Crippen molar-refractivity contribution >= 4 is 0 Å². The van der Waals surface area contributed by atoms with Crippen LogP contribution in [0.25, 0.3) is 0 Å². The van der Waals surface area contributed by atoms with E-state index in [1.807, 2.05) is 20.8 Å². The average Bonchev–Trinajstić information content (AvgIpc) is 2.12. The molecule has 1 aromatic heterocycles. The molecule has 0 N–H and O–H groups in total. The molecule has 0 aromatic carbocycles. The molecule has 0 radical (unpaired) electrons. The fourth-order valence-corrected chi connectivity index (χ4v) is 0.740. The van der Waals surface area contributed by atoms with Crippen LogP contribution in [0, 0.1) is 11.5 Å². The largest absolute Gasteiger partial charge is 0.327 e. The van der Waals surface area contributed by atoms with E-state index in [1.165, 1.54) is 0 Å². The van der Waals surface area contributed by atoms with Crippen molar-refractivity contribution in [1.82, 2.24) is 20.2 Å². The summed E-state index contributed by atoms with van der Waals surface area (Å²) in [5, 5.41) is 9.81. The Labute approximate surface area is 64.4 Å². The van der Waals surface area contributed by atoms with Crippen LogP contribution < -0.4 is 0 Å². The van der Waals surface area contributed by atoms with Crippen molar-refractivity contribution in [3.8, 4) is 0 Å². The molecule has 11 heavy (non-hydrogen) atoms. The van der Waals surface area contributed by atoms with Gasteiger partial charge in [-0.3, -0.25) is 0 Å². The number of aromatic nitrogens is 4. The highest BCUT2D eigenvalue weighted by Gasteiger charge is 2.14. The van der Waals surface area contributed by atoms with Crippen molar-refractivity contribution in [3.05, 3.63) is 6.08 Å². The van der Waals surface area contributed by atoms with Gasteiger partial charge in [0, 0.05) is 0 Å². The van der Waals surface area contributed by atoms with Gasteiger partial charge in [0.15, 0.2) is 0 Å². The van der Waals surface area contributed by atoms with Gasteiger partial charge in [0.05, 0.1) is 6.54 Å². The van der Waals surface area contributed by atoms with Gasteiger partial charge < -0.3 is 0 Å². The van der Waals surface area contributed by atoms with Crippen molar-refractivity contribution in [2.45, 2.75) is 27.3 Å². The highest BCUT2D eigenvalue weighted by Crippen LogP contribution is 2.15. The second-order valence-electron chi connectivity index (χ2n) is 3.67. The number of nitrogens with zero attached hydrogens (tertiary/aromatic N) is 4. The van der Waals surface area contributed by atoms with E-state index in [0.29, 0.717) is 6.54 Å². The Morgan fingerprint density at radius 1 is 1.45 bits per heavy atom. The Kier molecular flexibility index (Phi) is 1.89. The van der Waals surface area contributed by atoms with Gasteiger partial charge in [-0.1, -0.05) is 25.9 Å². The Bertz CT molecular complexity index is 237. The summed E-state index contributed by atoms with van der Waals surface area (Å²) in [6, 6.07) is 0. The molecule has 0 bridgehead atoms. The molecule has 5 heteroatoms. The first-order valence-corrected chi connectivity index (χ1v) is 3.41. The fourth-order valence-electron chi connectivity index (χ4n) is 0.740. The van der Waals surface area contributed by atoms with E-state index in [4.69, 9.17) is 0 Å². The Balaban J connectivity index is 2.72. The molecule has 1 heterocycles. The van der Waals surface area contributed by atoms with E-state index in [0.717, 1.165) is 4.68 Å². The zero-order valence-corrected chi connectivity index (χ0v) is 6.87. The highest BCUT2D eigenvalue weighted by atomic mass is 19.1. The number of hydrogen-bond donors (Lipinski definition) is 0. The topological polar surface area (TPSA) is 43.6 Å². The maximum Gasteiger partial charge on any atom is 0.327 e. The average molecular weight is 158 g/mol. The molecule has 1 aromatic rings. The maximum absolute atomic E-state index is 12.6. The van der Waals surface area contributed by atoms with Gasteiger partial charge in [-0.15, -0.1) is 0 Å².